The summed E-state index contributed by atoms with van der Waals surface area (Å²) in [5, 5.41) is 21.6. The van der Waals surface area contributed by atoms with E-state index in [-0.39, 0.29) is 28.4 Å². The lowest BCUT2D eigenvalue weighted by molar-refractivity contribution is -0.192. The molecule has 0 spiro atoms. The van der Waals surface area contributed by atoms with Crippen molar-refractivity contribution in [3.8, 4) is 11.3 Å². The SMILES string of the molecule is CC(C)(C)c1nnc(C(=O)NCc2ccc(-c3ncnn4cc(N5CCOCC5)cc34)c(F)c2Cl)o1.O=C(O)C(F)(F)F. The summed E-state index contributed by atoms with van der Waals surface area (Å²) < 4.78 is 59.7. The number of aromatic nitrogens is 5. The summed E-state index contributed by atoms with van der Waals surface area (Å²) in [5.74, 6) is -3.78. The first-order chi connectivity index (χ1) is 20.2. The monoisotopic (exact) mass is 627 g/mol. The number of anilines is 1. The Kier molecular flexibility index (Phi) is 9.20. The molecular formula is C26H26ClF4N7O5. The second kappa shape index (κ2) is 12.5. The fourth-order valence-electron chi connectivity index (χ4n) is 3.90. The van der Waals surface area contributed by atoms with Crippen molar-refractivity contribution in [2.45, 2.75) is 38.9 Å². The highest BCUT2D eigenvalue weighted by molar-refractivity contribution is 6.31. The van der Waals surface area contributed by atoms with Gasteiger partial charge in [-0.25, -0.2) is 18.7 Å². The average molecular weight is 628 g/mol. The highest BCUT2D eigenvalue weighted by Crippen LogP contribution is 2.33. The van der Waals surface area contributed by atoms with Crippen LogP contribution in [-0.2, 0) is 21.5 Å². The number of carbonyl (C=O) groups is 2. The third-order valence-electron chi connectivity index (χ3n) is 6.13. The molecular weight excluding hydrogens is 602 g/mol. The number of amides is 1. The second-order valence-corrected chi connectivity index (χ2v) is 10.7. The lowest BCUT2D eigenvalue weighted by Crippen LogP contribution is -2.35. The van der Waals surface area contributed by atoms with Gasteiger partial charge in [0.25, 0.3) is 0 Å². The molecule has 1 aromatic carbocycles. The van der Waals surface area contributed by atoms with Crippen LogP contribution in [0.15, 0.2) is 35.1 Å². The summed E-state index contributed by atoms with van der Waals surface area (Å²) in [4.78, 5) is 27.9. The number of hydrogen-bond acceptors (Lipinski definition) is 9. The Morgan fingerprint density at radius 2 is 1.81 bits per heavy atom. The van der Waals surface area contributed by atoms with Gasteiger partial charge < -0.3 is 24.5 Å². The van der Waals surface area contributed by atoms with Crippen molar-refractivity contribution in [1.82, 2.24) is 30.1 Å². The van der Waals surface area contributed by atoms with E-state index in [0.717, 1.165) is 18.8 Å². The van der Waals surface area contributed by atoms with Crippen molar-refractivity contribution in [2.24, 2.45) is 0 Å². The second-order valence-electron chi connectivity index (χ2n) is 10.3. The molecule has 3 aromatic heterocycles. The molecule has 1 saturated heterocycles. The number of halogens is 5. The Morgan fingerprint density at radius 3 is 2.42 bits per heavy atom. The average Bonchev–Trinajstić information content (AvgIpc) is 3.62. The van der Waals surface area contributed by atoms with Gasteiger partial charge in [-0.3, -0.25) is 4.79 Å². The van der Waals surface area contributed by atoms with E-state index in [2.05, 4.69) is 30.5 Å². The van der Waals surface area contributed by atoms with Gasteiger partial charge in [0.1, 0.15) is 12.0 Å². The van der Waals surface area contributed by atoms with Gasteiger partial charge in [-0.2, -0.15) is 18.3 Å². The quantitative estimate of drug-likeness (QED) is 0.307. The third-order valence-corrected chi connectivity index (χ3v) is 6.54. The molecule has 1 amide bonds. The molecule has 1 aliphatic rings. The van der Waals surface area contributed by atoms with Crippen LogP contribution in [-0.4, -0.2) is 74.3 Å². The molecule has 0 bridgehead atoms. The molecule has 0 atom stereocenters. The molecule has 4 aromatic rings. The van der Waals surface area contributed by atoms with Gasteiger partial charge in [0, 0.05) is 30.6 Å². The number of morpholine rings is 1. The van der Waals surface area contributed by atoms with Crippen LogP contribution in [0.1, 0.15) is 42.9 Å². The van der Waals surface area contributed by atoms with Crippen molar-refractivity contribution < 1.29 is 41.4 Å². The van der Waals surface area contributed by atoms with Crippen LogP contribution in [0.5, 0.6) is 0 Å². The number of rotatable bonds is 5. The Bertz CT molecular complexity index is 1630. The number of carboxylic acids is 1. The molecule has 17 heteroatoms. The van der Waals surface area contributed by atoms with Gasteiger partial charge in [0.05, 0.1) is 35.6 Å². The highest BCUT2D eigenvalue weighted by Gasteiger charge is 2.38. The van der Waals surface area contributed by atoms with Crippen molar-refractivity contribution >= 4 is 34.7 Å². The summed E-state index contributed by atoms with van der Waals surface area (Å²) in [6, 6.07) is 5.18. The Hall–Kier alpha value is -4.31. The lowest BCUT2D eigenvalue weighted by Gasteiger charge is -2.27. The number of benzene rings is 1. The van der Waals surface area contributed by atoms with E-state index < -0.39 is 23.9 Å². The van der Waals surface area contributed by atoms with Crippen LogP contribution in [0.3, 0.4) is 0 Å². The van der Waals surface area contributed by atoms with E-state index in [1.54, 1.807) is 16.6 Å². The molecule has 12 nitrogen and oxygen atoms in total. The molecule has 0 saturated carbocycles. The number of ether oxygens (including phenoxy) is 1. The van der Waals surface area contributed by atoms with Crippen LogP contribution >= 0.6 is 11.6 Å². The normalized spacial score (nSPS) is 13.9. The Labute approximate surface area is 246 Å². The largest absolute Gasteiger partial charge is 0.490 e. The summed E-state index contributed by atoms with van der Waals surface area (Å²) >= 11 is 6.37. The maximum Gasteiger partial charge on any atom is 0.490 e. The number of hydrogen-bond donors (Lipinski definition) is 2. The minimum absolute atomic E-state index is 0.0202. The zero-order valence-corrected chi connectivity index (χ0v) is 23.8. The molecule has 0 unspecified atom stereocenters. The van der Waals surface area contributed by atoms with E-state index in [4.69, 9.17) is 30.7 Å². The van der Waals surface area contributed by atoms with Gasteiger partial charge >= 0.3 is 23.9 Å². The van der Waals surface area contributed by atoms with Gasteiger partial charge in [-0.15, -0.1) is 10.2 Å². The Morgan fingerprint density at radius 1 is 1.14 bits per heavy atom. The molecule has 0 aliphatic carbocycles. The van der Waals surface area contributed by atoms with E-state index >= 15 is 4.39 Å². The predicted octanol–water partition coefficient (Wildman–Crippen LogP) is 4.27. The van der Waals surface area contributed by atoms with Crippen LogP contribution in [0.2, 0.25) is 5.02 Å². The molecule has 5 rings (SSSR count). The van der Waals surface area contributed by atoms with E-state index in [1.807, 2.05) is 33.0 Å². The lowest BCUT2D eigenvalue weighted by atomic mass is 9.97. The maximum absolute atomic E-state index is 15.4. The van der Waals surface area contributed by atoms with Gasteiger partial charge in [0.15, 0.2) is 5.82 Å². The van der Waals surface area contributed by atoms with E-state index in [9.17, 15) is 18.0 Å². The standard InChI is InChI=1S/C24H25ClFN7O3.C2HF3O2/c1-24(2,3)23-31-30-22(36-23)21(34)27-11-14-4-5-16(19(26)18(14)25)20-17-10-15(12-33(17)29-13-28-20)32-6-8-35-9-7-32;3-2(4,5)1(6)7/h4-5,10,12-13H,6-9,11H2,1-3H3,(H,27,34);(H,6,7). The topological polar surface area (TPSA) is 148 Å². The van der Waals surface area contributed by atoms with Crippen molar-refractivity contribution in [3.63, 3.8) is 0 Å². The first-order valence-electron chi connectivity index (χ1n) is 12.7. The van der Waals surface area contributed by atoms with Crippen molar-refractivity contribution in [1.29, 1.82) is 0 Å². The summed E-state index contributed by atoms with van der Waals surface area (Å²) in [6.45, 7) is 8.50. The number of aliphatic carboxylic acids is 1. The molecule has 2 N–H and O–H groups in total. The third kappa shape index (κ3) is 7.37. The summed E-state index contributed by atoms with van der Waals surface area (Å²) in [7, 11) is 0. The van der Waals surface area contributed by atoms with Gasteiger partial charge in [-0.05, 0) is 17.7 Å². The summed E-state index contributed by atoms with van der Waals surface area (Å²) in [5.41, 5.74) is 2.28. The summed E-state index contributed by atoms with van der Waals surface area (Å²) in [6.07, 6.45) is -1.82. The van der Waals surface area contributed by atoms with Crippen molar-refractivity contribution in [2.75, 3.05) is 31.2 Å². The number of alkyl halides is 3. The maximum atomic E-state index is 15.4. The molecule has 230 valence electrons. The number of nitrogens with zero attached hydrogens (tertiary/aromatic N) is 6. The molecule has 4 heterocycles. The van der Waals surface area contributed by atoms with Gasteiger partial charge in [-0.1, -0.05) is 38.4 Å². The minimum atomic E-state index is -5.08. The first kappa shape index (κ1) is 31.6. The number of carbonyl (C=O) groups excluding carboxylic acids is 1. The fourth-order valence-corrected chi connectivity index (χ4v) is 4.13. The smallest absolute Gasteiger partial charge is 0.475 e. The van der Waals surface area contributed by atoms with Crippen LogP contribution in [0.25, 0.3) is 16.8 Å². The highest BCUT2D eigenvalue weighted by atomic mass is 35.5. The molecule has 0 radical (unpaired) electrons. The molecule has 43 heavy (non-hydrogen) atoms. The molecule has 1 fully saturated rings. The zero-order chi connectivity index (χ0) is 31.5. The predicted molar refractivity (Wildman–Crippen MR) is 144 cm³/mol. The fraction of sp³-hybridized carbons (Fsp3) is 0.385. The van der Waals surface area contributed by atoms with E-state index in [1.165, 1.54) is 6.33 Å². The molecule has 1 aliphatic heterocycles. The van der Waals surface area contributed by atoms with Crippen LogP contribution < -0.4 is 10.2 Å². The number of nitrogens with one attached hydrogen (secondary N) is 1. The van der Waals surface area contributed by atoms with E-state index in [0.29, 0.717) is 35.9 Å². The number of fused-ring (bicyclic) bond motifs is 1. The zero-order valence-electron chi connectivity index (χ0n) is 23.1. The van der Waals surface area contributed by atoms with Crippen molar-refractivity contribution in [3.05, 3.63) is 58.9 Å². The van der Waals surface area contributed by atoms with Crippen LogP contribution in [0.4, 0.5) is 23.2 Å². The number of carboxylic acid groups (broad SMARTS) is 1. The first-order valence-corrected chi connectivity index (χ1v) is 13.1. The minimum Gasteiger partial charge on any atom is -0.475 e. The van der Waals surface area contributed by atoms with Gasteiger partial charge in [0.2, 0.25) is 5.89 Å². The Balaban J connectivity index is 0.000000541. The van der Waals surface area contributed by atoms with Crippen LogP contribution in [0, 0.1) is 5.82 Å².